The Morgan fingerprint density at radius 2 is 2.30 bits per heavy atom. The quantitative estimate of drug-likeness (QED) is 0.857. The summed E-state index contributed by atoms with van der Waals surface area (Å²) >= 11 is 3.64. The highest BCUT2D eigenvalue weighted by Crippen LogP contribution is 2.33. The lowest BCUT2D eigenvalue weighted by molar-refractivity contribution is 0.0311. The smallest absolute Gasteiger partial charge is 0.0789 e. The Morgan fingerprint density at radius 1 is 1.55 bits per heavy atom. The molecule has 0 aliphatic carbocycles. The van der Waals surface area contributed by atoms with E-state index in [1.54, 1.807) is 0 Å². The first-order chi connectivity index (χ1) is 9.52. The van der Waals surface area contributed by atoms with Crippen molar-refractivity contribution in [1.29, 1.82) is 0 Å². The molecule has 1 saturated heterocycles. The lowest BCUT2D eigenvalue weighted by Gasteiger charge is -2.25. The molecule has 3 unspecified atom stereocenters. The Labute approximate surface area is 129 Å². The van der Waals surface area contributed by atoms with Crippen LogP contribution in [0.5, 0.6) is 0 Å². The molecular formula is C14H25BrN4O. The van der Waals surface area contributed by atoms with Gasteiger partial charge in [0.05, 0.1) is 41.2 Å². The van der Waals surface area contributed by atoms with E-state index >= 15 is 0 Å². The molecule has 0 radical (unpaired) electrons. The third kappa shape index (κ3) is 3.61. The van der Waals surface area contributed by atoms with Crippen molar-refractivity contribution in [3.63, 3.8) is 0 Å². The third-order valence-corrected chi connectivity index (χ3v) is 4.45. The average Bonchev–Trinajstić information content (AvgIpc) is 2.97. The van der Waals surface area contributed by atoms with E-state index in [-0.39, 0.29) is 12.1 Å². The summed E-state index contributed by atoms with van der Waals surface area (Å²) in [6, 6.07) is 0.180. The van der Waals surface area contributed by atoms with E-state index in [1.807, 2.05) is 13.2 Å². The predicted molar refractivity (Wildman–Crippen MR) is 83.9 cm³/mol. The van der Waals surface area contributed by atoms with Crippen molar-refractivity contribution in [1.82, 2.24) is 20.0 Å². The minimum absolute atomic E-state index is 0.180. The molecule has 0 spiro atoms. The van der Waals surface area contributed by atoms with Gasteiger partial charge in [-0.2, -0.15) is 5.10 Å². The fraction of sp³-hybridized carbons (Fsp3) is 0.786. The second-order valence-corrected chi connectivity index (χ2v) is 6.59. The van der Waals surface area contributed by atoms with Gasteiger partial charge in [-0.25, -0.2) is 0 Å². The van der Waals surface area contributed by atoms with Crippen LogP contribution in [0.1, 0.15) is 31.5 Å². The molecule has 114 valence electrons. The van der Waals surface area contributed by atoms with Crippen LogP contribution in [0.2, 0.25) is 0 Å². The minimum Gasteiger partial charge on any atom is -0.373 e. The van der Waals surface area contributed by atoms with Crippen molar-refractivity contribution in [2.75, 3.05) is 27.7 Å². The summed E-state index contributed by atoms with van der Waals surface area (Å²) in [7, 11) is 6.15. The van der Waals surface area contributed by atoms with Gasteiger partial charge in [-0.15, -0.1) is 0 Å². The Hall–Kier alpha value is -0.430. The molecular weight excluding hydrogens is 320 g/mol. The van der Waals surface area contributed by atoms with Gasteiger partial charge >= 0.3 is 0 Å². The summed E-state index contributed by atoms with van der Waals surface area (Å²) in [4.78, 5) is 2.17. The SMILES string of the molecule is CNC(c1c(Br)cnn1CCN(C)C)C1CCC(C)O1. The van der Waals surface area contributed by atoms with Crippen LogP contribution in [0.15, 0.2) is 10.7 Å². The highest BCUT2D eigenvalue weighted by atomic mass is 79.9. The Kier molecular flexibility index (Phi) is 5.60. The van der Waals surface area contributed by atoms with Gasteiger partial charge in [0, 0.05) is 6.54 Å². The number of nitrogens with one attached hydrogen (secondary N) is 1. The maximum absolute atomic E-state index is 6.04. The van der Waals surface area contributed by atoms with Gasteiger partial charge in [-0.1, -0.05) is 0 Å². The van der Waals surface area contributed by atoms with Crippen molar-refractivity contribution in [2.24, 2.45) is 0 Å². The molecule has 2 rings (SSSR count). The number of hydrogen-bond acceptors (Lipinski definition) is 4. The zero-order valence-corrected chi connectivity index (χ0v) is 14.4. The highest BCUT2D eigenvalue weighted by Gasteiger charge is 2.33. The second-order valence-electron chi connectivity index (χ2n) is 5.73. The van der Waals surface area contributed by atoms with Gasteiger partial charge in [0.15, 0.2) is 0 Å². The van der Waals surface area contributed by atoms with Crippen LogP contribution < -0.4 is 5.32 Å². The molecule has 1 aromatic heterocycles. The van der Waals surface area contributed by atoms with Gasteiger partial charge in [-0.3, -0.25) is 4.68 Å². The van der Waals surface area contributed by atoms with Crippen LogP contribution >= 0.6 is 15.9 Å². The van der Waals surface area contributed by atoms with E-state index in [4.69, 9.17) is 4.74 Å². The van der Waals surface area contributed by atoms with Crippen molar-refractivity contribution in [2.45, 2.75) is 44.6 Å². The molecule has 0 amide bonds. The van der Waals surface area contributed by atoms with E-state index in [9.17, 15) is 0 Å². The lowest BCUT2D eigenvalue weighted by atomic mass is 10.0. The summed E-state index contributed by atoms with van der Waals surface area (Å²) in [5, 5.41) is 7.90. The molecule has 0 saturated carbocycles. The van der Waals surface area contributed by atoms with Gasteiger partial charge in [-0.05, 0) is 56.8 Å². The van der Waals surface area contributed by atoms with E-state index in [2.05, 4.69) is 56.9 Å². The molecule has 0 bridgehead atoms. The van der Waals surface area contributed by atoms with Gasteiger partial charge < -0.3 is 15.0 Å². The van der Waals surface area contributed by atoms with Crippen LogP contribution in [0.3, 0.4) is 0 Å². The van der Waals surface area contributed by atoms with Crippen LogP contribution in [0.25, 0.3) is 0 Å². The van der Waals surface area contributed by atoms with E-state index in [1.165, 1.54) is 5.69 Å². The second kappa shape index (κ2) is 7.02. The van der Waals surface area contributed by atoms with Crippen LogP contribution in [-0.4, -0.2) is 54.6 Å². The topological polar surface area (TPSA) is 42.3 Å². The number of hydrogen-bond donors (Lipinski definition) is 1. The predicted octanol–water partition coefficient (Wildman–Crippen LogP) is 2.04. The monoisotopic (exact) mass is 344 g/mol. The fourth-order valence-electron chi connectivity index (χ4n) is 2.73. The van der Waals surface area contributed by atoms with Crippen molar-refractivity contribution in [3.8, 4) is 0 Å². The van der Waals surface area contributed by atoms with E-state index < -0.39 is 0 Å². The zero-order chi connectivity index (χ0) is 14.7. The van der Waals surface area contributed by atoms with Crippen LogP contribution in [-0.2, 0) is 11.3 Å². The number of nitrogens with zero attached hydrogens (tertiary/aromatic N) is 3. The zero-order valence-electron chi connectivity index (χ0n) is 12.8. The number of halogens is 1. The van der Waals surface area contributed by atoms with E-state index in [0.29, 0.717) is 6.10 Å². The maximum Gasteiger partial charge on any atom is 0.0789 e. The Bertz CT molecular complexity index is 435. The first-order valence-electron chi connectivity index (χ1n) is 7.21. The van der Waals surface area contributed by atoms with Crippen molar-refractivity contribution >= 4 is 15.9 Å². The van der Waals surface area contributed by atoms with E-state index in [0.717, 1.165) is 30.4 Å². The number of ether oxygens (including phenoxy) is 1. The summed E-state index contributed by atoms with van der Waals surface area (Å²) in [5.74, 6) is 0. The summed E-state index contributed by atoms with van der Waals surface area (Å²) in [6.07, 6.45) is 4.69. The third-order valence-electron chi connectivity index (χ3n) is 3.83. The minimum atomic E-state index is 0.180. The largest absolute Gasteiger partial charge is 0.373 e. The molecule has 1 N–H and O–H groups in total. The molecule has 1 aromatic rings. The first kappa shape index (κ1) is 15.9. The normalized spacial score (nSPS) is 24.5. The average molecular weight is 345 g/mol. The standard InChI is InChI=1S/C14H25BrN4O/c1-10-5-6-12(20-10)13(16-2)14-11(15)9-17-19(14)8-7-18(3)4/h9-10,12-13,16H,5-8H2,1-4H3. The summed E-state index contributed by atoms with van der Waals surface area (Å²) in [6.45, 7) is 4.00. The maximum atomic E-state index is 6.04. The molecule has 1 aliphatic rings. The van der Waals surface area contributed by atoms with Crippen LogP contribution in [0.4, 0.5) is 0 Å². The molecule has 0 aromatic carbocycles. The van der Waals surface area contributed by atoms with Gasteiger partial charge in [0.1, 0.15) is 0 Å². The molecule has 5 nitrogen and oxygen atoms in total. The van der Waals surface area contributed by atoms with Crippen LogP contribution in [0, 0.1) is 0 Å². The van der Waals surface area contributed by atoms with Gasteiger partial charge in [0.2, 0.25) is 0 Å². The lowest BCUT2D eigenvalue weighted by Crippen LogP contribution is -2.33. The summed E-state index contributed by atoms with van der Waals surface area (Å²) in [5.41, 5.74) is 1.19. The molecule has 1 fully saturated rings. The number of aromatic nitrogens is 2. The molecule has 6 heteroatoms. The first-order valence-corrected chi connectivity index (χ1v) is 8.01. The Morgan fingerprint density at radius 3 is 2.85 bits per heavy atom. The fourth-order valence-corrected chi connectivity index (χ4v) is 3.27. The molecule has 20 heavy (non-hydrogen) atoms. The molecule has 3 atom stereocenters. The molecule has 1 aliphatic heterocycles. The Balaban J connectivity index is 2.18. The highest BCUT2D eigenvalue weighted by molar-refractivity contribution is 9.10. The van der Waals surface area contributed by atoms with Crippen molar-refractivity contribution < 1.29 is 4.74 Å². The molecule has 2 heterocycles. The number of likely N-dealkylation sites (N-methyl/N-ethyl adjacent to an activating group) is 2. The number of rotatable bonds is 6. The summed E-state index contributed by atoms with van der Waals surface area (Å²) < 4.78 is 9.17. The van der Waals surface area contributed by atoms with Crippen molar-refractivity contribution in [3.05, 3.63) is 16.4 Å². The van der Waals surface area contributed by atoms with Gasteiger partial charge in [0.25, 0.3) is 0 Å².